The predicted octanol–water partition coefficient (Wildman–Crippen LogP) is 3.71. The molecule has 1 aromatic heterocycles. The Morgan fingerprint density at radius 2 is 1.81 bits per heavy atom. The number of hydrogen-bond acceptors (Lipinski definition) is 4. The van der Waals surface area contributed by atoms with Crippen molar-refractivity contribution in [3.05, 3.63) is 53.9 Å². The number of amides is 1. The molecule has 6 heteroatoms. The van der Waals surface area contributed by atoms with Crippen LogP contribution in [-0.4, -0.2) is 30.1 Å². The van der Waals surface area contributed by atoms with Crippen molar-refractivity contribution in [3.8, 4) is 11.5 Å². The van der Waals surface area contributed by atoms with Crippen LogP contribution in [0.15, 0.2) is 42.5 Å². The number of carbonyl (C=O) groups excluding carboxylic acids is 1. The Labute approximate surface area is 152 Å². The zero-order chi connectivity index (χ0) is 18.7. The third-order valence-corrected chi connectivity index (χ3v) is 4.30. The summed E-state index contributed by atoms with van der Waals surface area (Å²) >= 11 is 0. The molecule has 0 saturated carbocycles. The van der Waals surface area contributed by atoms with Crippen LogP contribution < -0.4 is 14.8 Å². The van der Waals surface area contributed by atoms with Gasteiger partial charge in [0.05, 0.1) is 31.3 Å². The van der Waals surface area contributed by atoms with Gasteiger partial charge in [-0.3, -0.25) is 4.79 Å². The van der Waals surface area contributed by atoms with Gasteiger partial charge < -0.3 is 19.8 Å². The SMILES string of the molecule is COc1ccc(C(=O)NC(c2nc3ccccc3[nH]2)C(C)C)cc1OC. The highest BCUT2D eigenvalue weighted by Crippen LogP contribution is 2.28. The first-order valence-electron chi connectivity index (χ1n) is 8.51. The van der Waals surface area contributed by atoms with Crippen LogP contribution in [-0.2, 0) is 0 Å². The number of para-hydroxylation sites is 2. The number of carbonyl (C=O) groups is 1. The Morgan fingerprint density at radius 3 is 2.46 bits per heavy atom. The number of hydrogen-bond donors (Lipinski definition) is 2. The largest absolute Gasteiger partial charge is 0.493 e. The normalized spacial score (nSPS) is 12.2. The molecule has 0 radical (unpaired) electrons. The lowest BCUT2D eigenvalue weighted by Crippen LogP contribution is -2.32. The van der Waals surface area contributed by atoms with E-state index in [9.17, 15) is 4.79 Å². The molecule has 0 fully saturated rings. The average molecular weight is 353 g/mol. The van der Waals surface area contributed by atoms with Crippen LogP contribution in [0, 0.1) is 5.92 Å². The monoisotopic (exact) mass is 353 g/mol. The van der Waals surface area contributed by atoms with Gasteiger partial charge >= 0.3 is 0 Å². The summed E-state index contributed by atoms with van der Waals surface area (Å²) in [5.41, 5.74) is 2.34. The summed E-state index contributed by atoms with van der Waals surface area (Å²) < 4.78 is 10.5. The van der Waals surface area contributed by atoms with E-state index in [0.717, 1.165) is 16.9 Å². The summed E-state index contributed by atoms with van der Waals surface area (Å²) in [6.45, 7) is 4.10. The first-order valence-corrected chi connectivity index (χ1v) is 8.51. The van der Waals surface area contributed by atoms with Gasteiger partial charge in [0.2, 0.25) is 0 Å². The third kappa shape index (κ3) is 3.49. The summed E-state index contributed by atoms with van der Waals surface area (Å²) in [6, 6.07) is 12.7. The van der Waals surface area contributed by atoms with E-state index in [4.69, 9.17) is 9.47 Å². The molecule has 3 rings (SSSR count). The number of methoxy groups -OCH3 is 2. The lowest BCUT2D eigenvalue weighted by Gasteiger charge is -2.20. The smallest absolute Gasteiger partial charge is 0.252 e. The molecule has 2 aromatic carbocycles. The molecule has 1 heterocycles. The molecule has 0 aliphatic heterocycles. The lowest BCUT2D eigenvalue weighted by molar-refractivity contribution is 0.0923. The lowest BCUT2D eigenvalue weighted by atomic mass is 10.0. The van der Waals surface area contributed by atoms with E-state index in [1.807, 2.05) is 38.1 Å². The number of fused-ring (bicyclic) bond motifs is 1. The zero-order valence-electron chi connectivity index (χ0n) is 15.4. The van der Waals surface area contributed by atoms with Crippen molar-refractivity contribution >= 4 is 16.9 Å². The molecule has 0 aliphatic carbocycles. The summed E-state index contributed by atoms with van der Waals surface area (Å²) in [4.78, 5) is 20.7. The fourth-order valence-corrected chi connectivity index (χ4v) is 2.87. The highest BCUT2D eigenvalue weighted by Gasteiger charge is 2.23. The van der Waals surface area contributed by atoms with Crippen molar-refractivity contribution in [2.24, 2.45) is 5.92 Å². The van der Waals surface area contributed by atoms with Gasteiger partial charge in [-0.25, -0.2) is 4.98 Å². The van der Waals surface area contributed by atoms with Crippen molar-refractivity contribution in [1.29, 1.82) is 0 Å². The Balaban J connectivity index is 1.87. The van der Waals surface area contributed by atoms with E-state index < -0.39 is 0 Å². The first-order chi connectivity index (χ1) is 12.5. The van der Waals surface area contributed by atoms with Crippen LogP contribution in [0.25, 0.3) is 11.0 Å². The van der Waals surface area contributed by atoms with Crippen molar-refractivity contribution in [2.45, 2.75) is 19.9 Å². The number of nitrogens with one attached hydrogen (secondary N) is 2. The first kappa shape index (κ1) is 17.8. The minimum absolute atomic E-state index is 0.166. The third-order valence-electron chi connectivity index (χ3n) is 4.30. The van der Waals surface area contributed by atoms with Crippen molar-refractivity contribution in [1.82, 2.24) is 15.3 Å². The van der Waals surface area contributed by atoms with Gasteiger partial charge in [-0.15, -0.1) is 0 Å². The van der Waals surface area contributed by atoms with E-state index in [2.05, 4.69) is 15.3 Å². The molecular weight excluding hydrogens is 330 g/mol. The maximum Gasteiger partial charge on any atom is 0.252 e. The van der Waals surface area contributed by atoms with E-state index in [-0.39, 0.29) is 17.9 Å². The molecule has 0 aliphatic rings. The minimum atomic E-state index is -0.233. The van der Waals surface area contributed by atoms with Gasteiger partial charge in [-0.05, 0) is 36.2 Å². The number of aromatic amines is 1. The van der Waals surface area contributed by atoms with Crippen LogP contribution in [0.3, 0.4) is 0 Å². The minimum Gasteiger partial charge on any atom is -0.493 e. The molecule has 1 amide bonds. The molecule has 136 valence electrons. The summed E-state index contributed by atoms with van der Waals surface area (Å²) in [6.07, 6.45) is 0. The fraction of sp³-hybridized carbons (Fsp3) is 0.300. The quantitative estimate of drug-likeness (QED) is 0.708. The molecule has 3 aromatic rings. The second-order valence-electron chi connectivity index (χ2n) is 6.40. The molecule has 0 saturated heterocycles. The molecule has 1 unspecified atom stereocenters. The van der Waals surface area contributed by atoms with E-state index in [0.29, 0.717) is 17.1 Å². The van der Waals surface area contributed by atoms with Gasteiger partial charge in [-0.1, -0.05) is 26.0 Å². The van der Waals surface area contributed by atoms with E-state index in [1.165, 1.54) is 0 Å². The molecule has 0 bridgehead atoms. The van der Waals surface area contributed by atoms with Gasteiger partial charge in [0, 0.05) is 5.56 Å². The van der Waals surface area contributed by atoms with E-state index in [1.54, 1.807) is 32.4 Å². The number of H-pyrrole nitrogens is 1. The van der Waals surface area contributed by atoms with Crippen molar-refractivity contribution in [2.75, 3.05) is 14.2 Å². The fourth-order valence-electron chi connectivity index (χ4n) is 2.87. The van der Waals surface area contributed by atoms with Crippen LogP contribution in [0.5, 0.6) is 11.5 Å². The summed E-state index contributed by atoms with van der Waals surface area (Å²) in [7, 11) is 3.11. The maximum absolute atomic E-state index is 12.8. The molecular formula is C20H23N3O3. The Morgan fingerprint density at radius 1 is 1.08 bits per heavy atom. The number of benzene rings is 2. The van der Waals surface area contributed by atoms with Crippen LogP contribution >= 0.6 is 0 Å². The van der Waals surface area contributed by atoms with Crippen molar-refractivity contribution < 1.29 is 14.3 Å². The standard InChI is InChI=1S/C20H23N3O3/c1-12(2)18(19-21-14-7-5-6-8-15(14)22-19)23-20(24)13-9-10-16(25-3)17(11-13)26-4/h5-12,18H,1-4H3,(H,21,22)(H,23,24). The Bertz CT molecular complexity index is 885. The highest BCUT2D eigenvalue weighted by molar-refractivity contribution is 5.95. The van der Waals surface area contributed by atoms with Gasteiger partial charge in [0.1, 0.15) is 5.82 Å². The van der Waals surface area contributed by atoms with Gasteiger partial charge in [0.25, 0.3) is 5.91 Å². The molecule has 2 N–H and O–H groups in total. The van der Waals surface area contributed by atoms with E-state index >= 15 is 0 Å². The number of rotatable bonds is 6. The van der Waals surface area contributed by atoms with Crippen LogP contribution in [0.4, 0.5) is 0 Å². The average Bonchev–Trinajstić information content (AvgIpc) is 3.08. The molecule has 6 nitrogen and oxygen atoms in total. The van der Waals surface area contributed by atoms with Crippen LogP contribution in [0.2, 0.25) is 0 Å². The number of nitrogens with zero attached hydrogens (tertiary/aromatic N) is 1. The van der Waals surface area contributed by atoms with Crippen molar-refractivity contribution in [3.63, 3.8) is 0 Å². The summed E-state index contributed by atoms with van der Waals surface area (Å²) in [5.74, 6) is 1.83. The number of ether oxygens (including phenoxy) is 2. The molecule has 0 spiro atoms. The maximum atomic E-state index is 12.8. The Hall–Kier alpha value is -3.02. The topological polar surface area (TPSA) is 76.2 Å². The number of imidazole rings is 1. The molecule has 1 atom stereocenters. The Kier molecular flexibility index (Phi) is 5.11. The highest BCUT2D eigenvalue weighted by atomic mass is 16.5. The van der Waals surface area contributed by atoms with Gasteiger partial charge in [-0.2, -0.15) is 0 Å². The summed E-state index contributed by atoms with van der Waals surface area (Å²) in [5, 5.41) is 3.07. The predicted molar refractivity (Wildman–Crippen MR) is 101 cm³/mol. The van der Waals surface area contributed by atoms with Crippen LogP contribution in [0.1, 0.15) is 36.1 Å². The molecule has 26 heavy (non-hydrogen) atoms. The zero-order valence-corrected chi connectivity index (χ0v) is 15.4. The second-order valence-corrected chi connectivity index (χ2v) is 6.40. The number of aromatic nitrogens is 2. The van der Waals surface area contributed by atoms with Gasteiger partial charge in [0.15, 0.2) is 11.5 Å². The second kappa shape index (κ2) is 7.47.